The molecule has 0 aliphatic carbocycles. The number of benzene rings is 1. The van der Waals surface area contributed by atoms with Crippen LogP contribution in [0.5, 0.6) is 5.75 Å². The van der Waals surface area contributed by atoms with Crippen molar-refractivity contribution in [2.24, 2.45) is 0 Å². The van der Waals surface area contributed by atoms with Crippen LogP contribution < -0.4 is 4.74 Å². The summed E-state index contributed by atoms with van der Waals surface area (Å²) in [6.45, 7) is 3.38. The maximum atomic E-state index is 13.9. The number of aromatic nitrogens is 2. The first kappa shape index (κ1) is 15.5. The molecule has 0 radical (unpaired) electrons. The summed E-state index contributed by atoms with van der Waals surface area (Å²) in [6.07, 6.45) is 5.41. The number of ether oxygens (including phenoxy) is 1. The number of halogens is 1. The van der Waals surface area contributed by atoms with Gasteiger partial charge in [0.05, 0.1) is 25.7 Å². The molecule has 0 atom stereocenters. The zero-order valence-electron chi connectivity index (χ0n) is 13.0. The van der Waals surface area contributed by atoms with Gasteiger partial charge in [0.25, 0.3) is 5.91 Å². The highest BCUT2D eigenvalue weighted by Crippen LogP contribution is 2.19. The number of imidazole rings is 1. The molecule has 7 heteroatoms. The topological polar surface area (TPSA) is 50.6 Å². The Balaban J connectivity index is 1.62. The van der Waals surface area contributed by atoms with Gasteiger partial charge in [-0.2, -0.15) is 0 Å². The molecule has 6 nitrogen and oxygen atoms in total. The lowest BCUT2D eigenvalue weighted by molar-refractivity contribution is 0.0590. The zero-order valence-corrected chi connectivity index (χ0v) is 13.0. The van der Waals surface area contributed by atoms with Crippen LogP contribution in [0.1, 0.15) is 10.4 Å². The molecule has 0 saturated carbocycles. The van der Waals surface area contributed by atoms with Crippen LogP contribution in [-0.4, -0.2) is 58.5 Å². The fourth-order valence-electron chi connectivity index (χ4n) is 2.66. The van der Waals surface area contributed by atoms with Crippen LogP contribution in [0.2, 0.25) is 0 Å². The minimum Gasteiger partial charge on any atom is -0.497 e. The molecule has 2 heterocycles. The van der Waals surface area contributed by atoms with E-state index in [9.17, 15) is 9.18 Å². The first-order valence-electron chi connectivity index (χ1n) is 7.48. The molecular weight excluding hydrogens is 299 g/mol. The second-order valence-electron chi connectivity index (χ2n) is 5.47. The van der Waals surface area contributed by atoms with Crippen molar-refractivity contribution in [1.29, 1.82) is 0 Å². The van der Waals surface area contributed by atoms with Crippen LogP contribution in [0.3, 0.4) is 0 Å². The van der Waals surface area contributed by atoms with Crippen molar-refractivity contribution in [3.8, 4) is 5.75 Å². The quantitative estimate of drug-likeness (QED) is 0.856. The molecule has 1 aromatic carbocycles. The van der Waals surface area contributed by atoms with Gasteiger partial charge in [0, 0.05) is 38.6 Å². The van der Waals surface area contributed by atoms with Crippen molar-refractivity contribution < 1.29 is 13.9 Å². The normalized spacial score (nSPS) is 15.7. The molecule has 1 aliphatic heterocycles. The van der Waals surface area contributed by atoms with E-state index in [1.54, 1.807) is 17.4 Å². The second-order valence-corrected chi connectivity index (χ2v) is 5.47. The van der Waals surface area contributed by atoms with Gasteiger partial charge in [-0.1, -0.05) is 0 Å². The summed E-state index contributed by atoms with van der Waals surface area (Å²) >= 11 is 0. The van der Waals surface area contributed by atoms with E-state index < -0.39 is 5.82 Å². The van der Waals surface area contributed by atoms with E-state index in [0.717, 1.165) is 19.8 Å². The Morgan fingerprint density at radius 2 is 2.09 bits per heavy atom. The lowest BCUT2D eigenvalue weighted by atomic mass is 10.1. The maximum Gasteiger partial charge on any atom is 0.257 e. The molecule has 0 unspecified atom stereocenters. The molecule has 3 rings (SSSR count). The summed E-state index contributed by atoms with van der Waals surface area (Å²) in [4.78, 5) is 20.4. The first-order chi connectivity index (χ1) is 11.2. The van der Waals surface area contributed by atoms with E-state index in [1.807, 2.05) is 10.8 Å². The molecule has 2 aromatic rings. The molecule has 1 fully saturated rings. The Kier molecular flexibility index (Phi) is 4.57. The number of hydrogen-bond acceptors (Lipinski definition) is 4. The second kappa shape index (κ2) is 6.78. The minimum atomic E-state index is -0.517. The molecule has 1 amide bonds. The lowest BCUT2D eigenvalue weighted by Gasteiger charge is -2.34. The van der Waals surface area contributed by atoms with Crippen molar-refractivity contribution in [2.75, 3.05) is 33.3 Å². The van der Waals surface area contributed by atoms with Gasteiger partial charge in [0.2, 0.25) is 0 Å². The molecular formula is C16H19FN4O2. The molecule has 1 aromatic heterocycles. The first-order valence-corrected chi connectivity index (χ1v) is 7.48. The average molecular weight is 318 g/mol. The molecule has 0 N–H and O–H groups in total. The lowest BCUT2D eigenvalue weighted by Crippen LogP contribution is -2.49. The SMILES string of the molecule is COc1ccc(F)c(C(=O)N2CCN(Cn3ccnc3)CC2)c1. The van der Waals surface area contributed by atoms with Crippen LogP contribution in [0, 0.1) is 5.82 Å². The number of piperazine rings is 1. The number of carbonyl (C=O) groups excluding carboxylic acids is 1. The third-order valence-corrected chi connectivity index (χ3v) is 3.99. The molecule has 122 valence electrons. The Labute approximate surface area is 134 Å². The monoisotopic (exact) mass is 318 g/mol. The summed E-state index contributed by atoms with van der Waals surface area (Å²) in [5.74, 6) is -0.325. The molecule has 0 spiro atoms. The van der Waals surface area contributed by atoms with Gasteiger partial charge < -0.3 is 14.2 Å². The summed E-state index contributed by atoms with van der Waals surface area (Å²) in [5, 5.41) is 0. The van der Waals surface area contributed by atoms with E-state index in [-0.39, 0.29) is 11.5 Å². The minimum absolute atomic E-state index is 0.0624. The van der Waals surface area contributed by atoms with Crippen molar-refractivity contribution in [1.82, 2.24) is 19.4 Å². The van der Waals surface area contributed by atoms with Gasteiger partial charge in [-0.15, -0.1) is 0 Å². The fourth-order valence-corrected chi connectivity index (χ4v) is 2.66. The summed E-state index contributed by atoms with van der Waals surface area (Å²) < 4.78 is 21.0. The van der Waals surface area contributed by atoms with Crippen LogP contribution in [0.4, 0.5) is 4.39 Å². The summed E-state index contributed by atoms with van der Waals surface area (Å²) in [6, 6.07) is 4.23. The largest absolute Gasteiger partial charge is 0.497 e. The van der Waals surface area contributed by atoms with Gasteiger partial charge in [0.15, 0.2) is 0 Å². The average Bonchev–Trinajstić information content (AvgIpc) is 3.08. The Morgan fingerprint density at radius 1 is 1.30 bits per heavy atom. The van der Waals surface area contributed by atoms with E-state index in [1.165, 1.54) is 25.3 Å². The molecule has 23 heavy (non-hydrogen) atoms. The standard InChI is InChI=1S/C16H19FN4O2/c1-23-13-2-3-15(17)14(10-13)16(22)21-8-6-19(7-9-21)12-20-5-4-18-11-20/h2-5,10-11H,6-9,12H2,1H3. The zero-order chi connectivity index (χ0) is 16.2. The number of rotatable bonds is 4. The smallest absolute Gasteiger partial charge is 0.257 e. The number of amides is 1. The number of hydrogen-bond donors (Lipinski definition) is 0. The fraction of sp³-hybridized carbons (Fsp3) is 0.375. The van der Waals surface area contributed by atoms with Gasteiger partial charge >= 0.3 is 0 Å². The van der Waals surface area contributed by atoms with Gasteiger partial charge in [-0.3, -0.25) is 9.69 Å². The molecule has 1 saturated heterocycles. The predicted molar refractivity (Wildman–Crippen MR) is 82.7 cm³/mol. The van der Waals surface area contributed by atoms with E-state index in [0.29, 0.717) is 18.8 Å². The summed E-state index contributed by atoms with van der Waals surface area (Å²) in [7, 11) is 1.50. The van der Waals surface area contributed by atoms with Gasteiger partial charge in [-0.05, 0) is 18.2 Å². The molecule has 0 bridgehead atoms. The maximum absolute atomic E-state index is 13.9. The number of methoxy groups -OCH3 is 1. The third-order valence-electron chi connectivity index (χ3n) is 3.99. The van der Waals surface area contributed by atoms with Crippen molar-refractivity contribution >= 4 is 5.91 Å². The van der Waals surface area contributed by atoms with Crippen molar-refractivity contribution in [3.63, 3.8) is 0 Å². The van der Waals surface area contributed by atoms with Gasteiger partial charge in [0.1, 0.15) is 11.6 Å². The highest BCUT2D eigenvalue weighted by molar-refractivity contribution is 5.95. The number of nitrogens with zero attached hydrogens (tertiary/aromatic N) is 4. The van der Waals surface area contributed by atoms with Crippen LogP contribution >= 0.6 is 0 Å². The highest BCUT2D eigenvalue weighted by Gasteiger charge is 2.24. The van der Waals surface area contributed by atoms with Gasteiger partial charge in [-0.25, -0.2) is 9.37 Å². The number of carbonyl (C=O) groups is 1. The Bertz CT molecular complexity index is 667. The van der Waals surface area contributed by atoms with E-state index in [2.05, 4.69) is 9.88 Å². The Morgan fingerprint density at radius 3 is 2.74 bits per heavy atom. The highest BCUT2D eigenvalue weighted by atomic mass is 19.1. The van der Waals surface area contributed by atoms with E-state index >= 15 is 0 Å². The Hall–Kier alpha value is -2.41. The van der Waals surface area contributed by atoms with Crippen LogP contribution in [0.15, 0.2) is 36.9 Å². The van der Waals surface area contributed by atoms with Crippen LogP contribution in [-0.2, 0) is 6.67 Å². The third kappa shape index (κ3) is 3.50. The van der Waals surface area contributed by atoms with Crippen molar-refractivity contribution in [3.05, 3.63) is 48.3 Å². The van der Waals surface area contributed by atoms with Crippen LogP contribution in [0.25, 0.3) is 0 Å². The summed E-state index contributed by atoms with van der Waals surface area (Å²) in [5.41, 5.74) is 0.0624. The molecule has 1 aliphatic rings. The van der Waals surface area contributed by atoms with E-state index in [4.69, 9.17) is 4.74 Å². The predicted octanol–water partition coefficient (Wildman–Crippen LogP) is 1.45. The van der Waals surface area contributed by atoms with Crippen molar-refractivity contribution in [2.45, 2.75) is 6.67 Å².